The molecule has 126 valence electrons. The Bertz CT molecular complexity index is 763. The van der Waals surface area contributed by atoms with E-state index in [4.69, 9.17) is 16.0 Å². The number of amides is 2. The van der Waals surface area contributed by atoms with Crippen LogP contribution in [0.25, 0.3) is 0 Å². The molecule has 24 heavy (non-hydrogen) atoms. The van der Waals surface area contributed by atoms with E-state index >= 15 is 0 Å². The second-order valence-electron chi connectivity index (χ2n) is 6.01. The number of hydrogen-bond acceptors (Lipinski definition) is 3. The van der Waals surface area contributed by atoms with Crippen LogP contribution in [0, 0.1) is 13.8 Å². The van der Waals surface area contributed by atoms with Crippen molar-refractivity contribution in [2.24, 2.45) is 0 Å². The van der Waals surface area contributed by atoms with Crippen LogP contribution in [0.1, 0.15) is 31.8 Å². The number of halogens is 1. The van der Waals surface area contributed by atoms with Crippen LogP contribution in [-0.4, -0.2) is 47.8 Å². The second-order valence-corrected chi connectivity index (χ2v) is 6.42. The lowest BCUT2D eigenvalue weighted by Gasteiger charge is -2.34. The van der Waals surface area contributed by atoms with Gasteiger partial charge in [-0.1, -0.05) is 11.6 Å². The van der Waals surface area contributed by atoms with Crippen LogP contribution in [0.3, 0.4) is 0 Å². The largest absolute Gasteiger partial charge is 0.472 e. The molecule has 0 spiro atoms. The van der Waals surface area contributed by atoms with Gasteiger partial charge in [0.05, 0.1) is 22.4 Å². The number of carbonyl (C=O) groups is 2. The zero-order valence-corrected chi connectivity index (χ0v) is 14.5. The molecule has 1 aromatic heterocycles. The molecule has 0 N–H and O–H groups in total. The molecule has 3 rings (SSSR count). The Balaban J connectivity index is 1.67. The highest BCUT2D eigenvalue weighted by Crippen LogP contribution is 2.23. The fourth-order valence-electron chi connectivity index (χ4n) is 2.80. The van der Waals surface area contributed by atoms with Gasteiger partial charge in [-0.25, -0.2) is 0 Å². The topological polar surface area (TPSA) is 53.8 Å². The lowest BCUT2D eigenvalue weighted by molar-refractivity contribution is 0.0535. The fraction of sp³-hybridized carbons (Fsp3) is 0.333. The van der Waals surface area contributed by atoms with Crippen molar-refractivity contribution >= 4 is 23.4 Å². The van der Waals surface area contributed by atoms with Crippen molar-refractivity contribution in [3.8, 4) is 0 Å². The minimum atomic E-state index is -0.0847. The van der Waals surface area contributed by atoms with E-state index in [1.54, 1.807) is 15.9 Å². The monoisotopic (exact) mass is 346 g/mol. The Hall–Kier alpha value is -2.27. The van der Waals surface area contributed by atoms with E-state index in [9.17, 15) is 9.59 Å². The highest BCUT2D eigenvalue weighted by Gasteiger charge is 2.27. The highest BCUT2D eigenvalue weighted by molar-refractivity contribution is 6.34. The number of nitrogens with zero attached hydrogens (tertiary/aromatic N) is 2. The maximum atomic E-state index is 12.7. The van der Waals surface area contributed by atoms with Crippen molar-refractivity contribution < 1.29 is 14.0 Å². The van der Waals surface area contributed by atoms with Crippen LogP contribution < -0.4 is 0 Å². The third kappa shape index (κ3) is 3.17. The summed E-state index contributed by atoms with van der Waals surface area (Å²) in [5.74, 6) is -0.154. The van der Waals surface area contributed by atoms with Crippen molar-refractivity contribution in [3.05, 3.63) is 58.0 Å². The maximum absolute atomic E-state index is 12.7. The number of rotatable bonds is 2. The first kappa shape index (κ1) is 16.6. The summed E-state index contributed by atoms with van der Waals surface area (Å²) >= 11 is 6.24. The average molecular weight is 347 g/mol. The van der Waals surface area contributed by atoms with Crippen molar-refractivity contribution in [1.82, 2.24) is 9.80 Å². The zero-order valence-electron chi connectivity index (χ0n) is 13.7. The van der Waals surface area contributed by atoms with Gasteiger partial charge in [0.15, 0.2) is 0 Å². The summed E-state index contributed by atoms with van der Waals surface area (Å²) < 4.78 is 4.95. The lowest BCUT2D eigenvalue weighted by atomic mass is 10.0. The molecule has 1 aromatic carbocycles. The fourth-order valence-corrected chi connectivity index (χ4v) is 3.10. The summed E-state index contributed by atoms with van der Waals surface area (Å²) in [6.07, 6.45) is 2.92. The van der Waals surface area contributed by atoms with Gasteiger partial charge in [0.2, 0.25) is 0 Å². The third-order valence-electron chi connectivity index (χ3n) is 4.44. The summed E-state index contributed by atoms with van der Waals surface area (Å²) in [7, 11) is 0. The molecule has 6 heteroatoms. The van der Waals surface area contributed by atoms with Gasteiger partial charge in [-0.15, -0.1) is 0 Å². The SMILES string of the molecule is Cc1cc(Cl)c(C(=O)N2CCN(C(=O)c3ccoc3)CC2)cc1C. The smallest absolute Gasteiger partial charge is 0.257 e. The Morgan fingerprint density at radius 1 is 1.00 bits per heavy atom. The Kier molecular flexibility index (Phi) is 4.62. The molecule has 0 radical (unpaired) electrons. The van der Waals surface area contributed by atoms with Gasteiger partial charge in [-0.3, -0.25) is 9.59 Å². The molecule has 1 saturated heterocycles. The molecule has 0 unspecified atom stereocenters. The second kappa shape index (κ2) is 6.69. The van der Waals surface area contributed by atoms with Crippen LogP contribution in [0.2, 0.25) is 5.02 Å². The van der Waals surface area contributed by atoms with E-state index in [2.05, 4.69) is 0 Å². The highest BCUT2D eigenvalue weighted by atomic mass is 35.5. The molecule has 1 aliphatic rings. The van der Waals surface area contributed by atoms with Crippen LogP contribution in [0.5, 0.6) is 0 Å². The number of furan rings is 1. The molecule has 1 fully saturated rings. The first-order chi connectivity index (χ1) is 11.5. The average Bonchev–Trinajstić information content (AvgIpc) is 3.11. The van der Waals surface area contributed by atoms with Crippen LogP contribution >= 0.6 is 11.6 Å². The van der Waals surface area contributed by atoms with Gasteiger partial charge in [0.1, 0.15) is 6.26 Å². The molecular formula is C18H19ClN2O3. The van der Waals surface area contributed by atoms with Gasteiger partial charge in [0, 0.05) is 26.2 Å². The first-order valence-electron chi connectivity index (χ1n) is 7.85. The predicted molar refractivity (Wildman–Crippen MR) is 91.4 cm³/mol. The summed E-state index contributed by atoms with van der Waals surface area (Å²) in [6, 6.07) is 5.31. The van der Waals surface area contributed by atoms with Crippen LogP contribution in [0.15, 0.2) is 35.1 Å². The molecule has 2 amide bonds. The van der Waals surface area contributed by atoms with Gasteiger partial charge in [-0.05, 0) is 43.2 Å². The summed E-state index contributed by atoms with van der Waals surface area (Å²) in [5.41, 5.74) is 3.16. The van der Waals surface area contributed by atoms with Crippen molar-refractivity contribution in [3.63, 3.8) is 0 Å². The first-order valence-corrected chi connectivity index (χ1v) is 8.22. The summed E-state index contributed by atoms with van der Waals surface area (Å²) in [6.45, 7) is 5.91. The molecule has 1 aliphatic heterocycles. The Morgan fingerprint density at radius 2 is 1.58 bits per heavy atom. The molecule has 0 saturated carbocycles. The van der Waals surface area contributed by atoms with Crippen LogP contribution in [-0.2, 0) is 0 Å². The van der Waals surface area contributed by atoms with E-state index < -0.39 is 0 Å². The quantitative estimate of drug-likeness (QED) is 0.839. The number of benzene rings is 1. The van der Waals surface area contributed by atoms with E-state index in [0.29, 0.717) is 42.3 Å². The van der Waals surface area contributed by atoms with Crippen molar-refractivity contribution in [1.29, 1.82) is 0 Å². The third-order valence-corrected chi connectivity index (χ3v) is 4.75. The summed E-state index contributed by atoms with van der Waals surface area (Å²) in [4.78, 5) is 28.5. The standard InChI is InChI=1S/C18H19ClN2O3/c1-12-9-15(16(19)10-13(12)2)18(23)21-6-4-20(5-7-21)17(22)14-3-8-24-11-14/h3,8-11H,4-7H2,1-2H3. The molecule has 5 nitrogen and oxygen atoms in total. The predicted octanol–water partition coefficient (Wildman–Crippen LogP) is 3.15. The van der Waals surface area contributed by atoms with Gasteiger partial charge in [-0.2, -0.15) is 0 Å². The molecule has 0 aliphatic carbocycles. The number of piperazine rings is 1. The Labute approximate surface area is 145 Å². The molecule has 0 atom stereocenters. The minimum Gasteiger partial charge on any atom is -0.472 e. The zero-order chi connectivity index (χ0) is 17.3. The van der Waals surface area contributed by atoms with E-state index in [1.165, 1.54) is 12.5 Å². The summed E-state index contributed by atoms with van der Waals surface area (Å²) in [5, 5.41) is 0.472. The number of carbonyl (C=O) groups excluding carboxylic acids is 2. The minimum absolute atomic E-state index is 0.0694. The maximum Gasteiger partial charge on any atom is 0.257 e. The number of hydrogen-bond donors (Lipinski definition) is 0. The van der Waals surface area contributed by atoms with Gasteiger partial charge >= 0.3 is 0 Å². The number of aryl methyl sites for hydroxylation is 2. The van der Waals surface area contributed by atoms with Gasteiger partial charge < -0.3 is 14.2 Å². The molecule has 2 aromatic rings. The van der Waals surface area contributed by atoms with Gasteiger partial charge in [0.25, 0.3) is 11.8 Å². The van der Waals surface area contributed by atoms with E-state index in [1.807, 2.05) is 26.0 Å². The molecular weight excluding hydrogens is 328 g/mol. The van der Waals surface area contributed by atoms with Crippen molar-refractivity contribution in [2.75, 3.05) is 26.2 Å². The van der Waals surface area contributed by atoms with Crippen molar-refractivity contribution in [2.45, 2.75) is 13.8 Å². The Morgan fingerprint density at radius 3 is 2.17 bits per heavy atom. The molecule has 0 bridgehead atoms. The van der Waals surface area contributed by atoms with Crippen LogP contribution in [0.4, 0.5) is 0 Å². The van der Waals surface area contributed by atoms with E-state index in [0.717, 1.165) is 11.1 Å². The normalized spacial score (nSPS) is 14.8. The lowest BCUT2D eigenvalue weighted by Crippen LogP contribution is -2.50. The van der Waals surface area contributed by atoms with E-state index in [-0.39, 0.29) is 11.8 Å². The molecule has 2 heterocycles.